The summed E-state index contributed by atoms with van der Waals surface area (Å²) < 4.78 is 28.9. The first-order valence-corrected chi connectivity index (χ1v) is 13.6. The van der Waals surface area contributed by atoms with Crippen LogP contribution in [0.5, 0.6) is 0 Å². The van der Waals surface area contributed by atoms with Gasteiger partial charge in [-0.15, -0.1) is 0 Å². The highest BCUT2D eigenvalue weighted by Crippen LogP contribution is 2.25. The fourth-order valence-corrected chi connectivity index (χ4v) is 6.27. The SMILES string of the molecule is Cc1cc(C)c(S(=O)(=O)N(CCc2ccccc2)CC(=O)N[C@H](C)CCc2ccccc2)c(C)c1. The van der Waals surface area contributed by atoms with Crippen LogP contribution in [-0.4, -0.2) is 37.8 Å². The van der Waals surface area contributed by atoms with Gasteiger partial charge in [-0.05, 0) is 69.2 Å². The molecule has 186 valence electrons. The molecule has 6 heteroatoms. The molecule has 0 unspecified atom stereocenters. The summed E-state index contributed by atoms with van der Waals surface area (Å²) in [5.41, 5.74) is 4.65. The van der Waals surface area contributed by atoms with Crippen LogP contribution in [0.4, 0.5) is 0 Å². The number of hydrogen-bond donors (Lipinski definition) is 1. The van der Waals surface area contributed by atoms with Crippen LogP contribution in [0.2, 0.25) is 0 Å². The predicted octanol–water partition coefficient (Wildman–Crippen LogP) is 4.98. The first kappa shape index (κ1) is 26.6. The van der Waals surface area contributed by atoms with Crippen LogP contribution in [0.1, 0.15) is 41.2 Å². The fraction of sp³-hybridized carbons (Fsp3) is 0.345. The van der Waals surface area contributed by atoms with Gasteiger partial charge in [0.1, 0.15) is 0 Å². The Bertz CT molecular complexity index is 1200. The van der Waals surface area contributed by atoms with Crippen molar-refractivity contribution in [1.82, 2.24) is 9.62 Å². The van der Waals surface area contributed by atoms with E-state index in [0.29, 0.717) is 22.4 Å². The van der Waals surface area contributed by atoms with Crippen LogP contribution >= 0.6 is 0 Å². The Morgan fingerprint density at radius 3 is 1.91 bits per heavy atom. The van der Waals surface area contributed by atoms with E-state index in [4.69, 9.17) is 0 Å². The average molecular weight is 493 g/mol. The first-order valence-electron chi connectivity index (χ1n) is 12.1. The second-order valence-corrected chi connectivity index (χ2v) is 11.2. The zero-order chi connectivity index (χ0) is 25.4. The summed E-state index contributed by atoms with van der Waals surface area (Å²) in [5.74, 6) is -0.287. The van der Waals surface area contributed by atoms with Gasteiger partial charge >= 0.3 is 0 Å². The van der Waals surface area contributed by atoms with Crippen molar-refractivity contribution in [3.63, 3.8) is 0 Å². The predicted molar refractivity (Wildman–Crippen MR) is 142 cm³/mol. The summed E-state index contributed by atoms with van der Waals surface area (Å²) in [6, 6.07) is 23.6. The highest BCUT2D eigenvalue weighted by atomic mass is 32.2. The van der Waals surface area contributed by atoms with Gasteiger partial charge in [-0.1, -0.05) is 78.4 Å². The van der Waals surface area contributed by atoms with E-state index in [1.165, 1.54) is 9.87 Å². The van der Waals surface area contributed by atoms with Crippen molar-refractivity contribution in [2.75, 3.05) is 13.1 Å². The Labute approximate surface area is 210 Å². The van der Waals surface area contributed by atoms with Crippen molar-refractivity contribution in [3.05, 3.63) is 101 Å². The lowest BCUT2D eigenvalue weighted by molar-refractivity contribution is -0.121. The summed E-state index contributed by atoms with van der Waals surface area (Å²) in [4.78, 5) is 13.3. The highest BCUT2D eigenvalue weighted by molar-refractivity contribution is 7.89. The number of benzene rings is 3. The second kappa shape index (κ2) is 12.1. The molecule has 0 heterocycles. The molecule has 0 radical (unpaired) electrons. The van der Waals surface area contributed by atoms with Crippen molar-refractivity contribution < 1.29 is 13.2 Å². The van der Waals surface area contributed by atoms with Crippen LogP contribution in [0.25, 0.3) is 0 Å². The normalized spacial score (nSPS) is 12.5. The zero-order valence-electron chi connectivity index (χ0n) is 21.1. The molecule has 0 spiro atoms. The van der Waals surface area contributed by atoms with Gasteiger partial charge in [0, 0.05) is 12.6 Å². The van der Waals surface area contributed by atoms with Crippen molar-refractivity contribution >= 4 is 15.9 Å². The number of nitrogens with one attached hydrogen (secondary N) is 1. The summed E-state index contributed by atoms with van der Waals surface area (Å²) >= 11 is 0. The minimum Gasteiger partial charge on any atom is -0.352 e. The van der Waals surface area contributed by atoms with Gasteiger partial charge in [0.15, 0.2) is 0 Å². The summed E-state index contributed by atoms with van der Waals surface area (Å²) in [6.07, 6.45) is 2.16. The van der Waals surface area contributed by atoms with E-state index in [9.17, 15) is 13.2 Å². The lowest BCUT2D eigenvalue weighted by Crippen LogP contribution is -2.44. The fourth-order valence-electron chi connectivity index (χ4n) is 4.47. The molecule has 3 aromatic rings. The van der Waals surface area contributed by atoms with E-state index < -0.39 is 10.0 Å². The van der Waals surface area contributed by atoms with Crippen LogP contribution in [0.3, 0.4) is 0 Å². The molecule has 0 aliphatic heterocycles. The molecule has 0 bridgehead atoms. The van der Waals surface area contributed by atoms with Gasteiger partial charge in [-0.3, -0.25) is 4.79 Å². The zero-order valence-corrected chi connectivity index (χ0v) is 21.9. The number of amides is 1. The Hall–Kier alpha value is -2.96. The maximum Gasteiger partial charge on any atom is 0.244 e. The molecule has 1 N–H and O–H groups in total. The van der Waals surface area contributed by atoms with Crippen molar-refractivity contribution in [1.29, 1.82) is 0 Å². The molecule has 1 atom stereocenters. The Morgan fingerprint density at radius 1 is 0.857 bits per heavy atom. The number of carbonyl (C=O) groups excluding carboxylic acids is 1. The molecule has 0 saturated carbocycles. The lowest BCUT2D eigenvalue weighted by Gasteiger charge is -2.25. The number of rotatable bonds is 11. The van der Waals surface area contributed by atoms with E-state index in [1.807, 2.05) is 88.4 Å². The monoisotopic (exact) mass is 492 g/mol. The molecular weight excluding hydrogens is 456 g/mol. The summed E-state index contributed by atoms with van der Waals surface area (Å²) in [7, 11) is -3.86. The van der Waals surface area contributed by atoms with Crippen LogP contribution in [0.15, 0.2) is 77.7 Å². The number of nitrogens with zero attached hydrogens (tertiary/aromatic N) is 1. The third-order valence-corrected chi connectivity index (χ3v) is 8.28. The van der Waals surface area contributed by atoms with E-state index in [2.05, 4.69) is 17.4 Å². The first-order chi connectivity index (χ1) is 16.7. The Kier molecular flexibility index (Phi) is 9.24. The molecular formula is C29H36N2O3S. The quantitative estimate of drug-likeness (QED) is 0.410. The van der Waals surface area contributed by atoms with E-state index in [-0.39, 0.29) is 25.0 Å². The standard InChI is InChI=1S/C29H36N2O3S/c1-22-19-23(2)29(24(3)20-22)35(33,34)31(18-17-27-13-9-6-10-14-27)21-28(32)30-25(4)15-16-26-11-7-5-8-12-26/h5-14,19-20,25H,15-18,21H2,1-4H3,(H,30,32)/t25-/m1/s1. The minimum absolute atomic E-state index is 0.0655. The number of carbonyl (C=O) groups is 1. The van der Waals surface area contributed by atoms with Gasteiger partial charge in [0.05, 0.1) is 11.4 Å². The van der Waals surface area contributed by atoms with Crippen LogP contribution in [0, 0.1) is 20.8 Å². The molecule has 0 saturated heterocycles. The number of aryl methyl sites for hydroxylation is 4. The highest BCUT2D eigenvalue weighted by Gasteiger charge is 2.29. The number of sulfonamides is 1. The van der Waals surface area contributed by atoms with E-state index in [1.54, 1.807) is 0 Å². The molecule has 3 aromatic carbocycles. The van der Waals surface area contributed by atoms with E-state index in [0.717, 1.165) is 24.0 Å². The molecule has 0 aliphatic carbocycles. The smallest absolute Gasteiger partial charge is 0.244 e. The molecule has 0 aromatic heterocycles. The lowest BCUT2D eigenvalue weighted by atomic mass is 10.1. The Morgan fingerprint density at radius 2 is 1.37 bits per heavy atom. The molecule has 3 rings (SSSR count). The van der Waals surface area contributed by atoms with Gasteiger partial charge in [0.2, 0.25) is 15.9 Å². The van der Waals surface area contributed by atoms with Gasteiger partial charge < -0.3 is 5.32 Å². The van der Waals surface area contributed by atoms with Crippen LogP contribution < -0.4 is 5.32 Å². The maximum atomic E-state index is 13.8. The molecule has 5 nitrogen and oxygen atoms in total. The largest absolute Gasteiger partial charge is 0.352 e. The maximum absolute atomic E-state index is 13.8. The minimum atomic E-state index is -3.86. The van der Waals surface area contributed by atoms with Crippen molar-refractivity contribution in [2.45, 2.75) is 57.9 Å². The summed E-state index contributed by atoms with van der Waals surface area (Å²) in [6.45, 7) is 7.55. The summed E-state index contributed by atoms with van der Waals surface area (Å²) in [5, 5.41) is 3.00. The Balaban J connectivity index is 1.75. The van der Waals surface area contributed by atoms with Crippen molar-refractivity contribution in [2.24, 2.45) is 0 Å². The molecule has 1 amide bonds. The second-order valence-electron chi connectivity index (χ2n) is 9.29. The van der Waals surface area contributed by atoms with Gasteiger partial charge in [0.25, 0.3) is 0 Å². The molecule has 35 heavy (non-hydrogen) atoms. The topological polar surface area (TPSA) is 66.5 Å². The molecule has 0 fully saturated rings. The van der Waals surface area contributed by atoms with Gasteiger partial charge in [-0.25, -0.2) is 8.42 Å². The van der Waals surface area contributed by atoms with Crippen molar-refractivity contribution in [3.8, 4) is 0 Å². The molecule has 0 aliphatic rings. The van der Waals surface area contributed by atoms with Gasteiger partial charge in [-0.2, -0.15) is 4.31 Å². The third-order valence-electron chi connectivity index (χ3n) is 6.13. The van der Waals surface area contributed by atoms with E-state index >= 15 is 0 Å². The average Bonchev–Trinajstić information content (AvgIpc) is 2.80. The third kappa shape index (κ3) is 7.51. The van der Waals surface area contributed by atoms with Crippen LogP contribution in [-0.2, 0) is 27.7 Å². The number of hydrogen-bond acceptors (Lipinski definition) is 3.